The van der Waals surface area contributed by atoms with E-state index >= 15 is 0 Å². The highest BCUT2D eigenvalue weighted by Crippen LogP contribution is 2.29. The molecule has 0 atom stereocenters. The van der Waals surface area contributed by atoms with Gasteiger partial charge in [0.25, 0.3) is 0 Å². The summed E-state index contributed by atoms with van der Waals surface area (Å²) in [6.07, 6.45) is 2.93. The van der Waals surface area contributed by atoms with Crippen LogP contribution in [-0.4, -0.2) is 23.0 Å². The van der Waals surface area contributed by atoms with Gasteiger partial charge < -0.3 is 16.2 Å². The Labute approximate surface area is 122 Å². The number of halogens is 1. The van der Waals surface area contributed by atoms with Crippen LogP contribution in [0.4, 0.5) is 5.69 Å². The molecule has 1 saturated carbocycles. The number of carbonyl (C=O) groups excluding carboxylic acids is 1. The number of aliphatic carboxylic acids is 1. The molecule has 0 saturated heterocycles. The lowest BCUT2D eigenvalue weighted by atomic mass is 9.86. The van der Waals surface area contributed by atoms with E-state index in [4.69, 9.17) is 22.4 Å². The van der Waals surface area contributed by atoms with E-state index in [-0.39, 0.29) is 12.0 Å². The number of hydrogen-bond acceptors (Lipinski definition) is 3. The highest BCUT2D eigenvalue weighted by molar-refractivity contribution is 6.33. The van der Waals surface area contributed by atoms with E-state index in [2.05, 4.69) is 5.32 Å². The monoisotopic (exact) mass is 296 g/mol. The van der Waals surface area contributed by atoms with Gasteiger partial charge in [-0.3, -0.25) is 9.59 Å². The standard InChI is InChI=1S/C14H17ClN2O3/c15-11-7-9(13(16)18)3-6-12(11)17-10-4-1-8(2-5-10)14(19)20/h3,6-8,10,17H,1-2,4-5H2,(H2,16,18)(H,19,20). The summed E-state index contributed by atoms with van der Waals surface area (Å²) in [7, 11) is 0. The highest BCUT2D eigenvalue weighted by Gasteiger charge is 2.26. The van der Waals surface area contributed by atoms with Crippen LogP contribution in [0.25, 0.3) is 0 Å². The van der Waals surface area contributed by atoms with Crippen molar-refractivity contribution in [3.63, 3.8) is 0 Å². The van der Waals surface area contributed by atoms with Gasteiger partial charge in [-0.15, -0.1) is 0 Å². The van der Waals surface area contributed by atoms with Crippen LogP contribution < -0.4 is 11.1 Å². The third-order valence-corrected chi connectivity index (χ3v) is 4.00. The number of benzene rings is 1. The zero-order chi connectivity index (χ0) is 14.7. The lowest BCUT2D eigenvalue weighted by Crippen LogP contribution is -2.29. The zero-order valence-corrected chi connectivity index (χ0v) is 11.7. The largest absolute Gasteiger partial charge is 0.481 e. The second-order valence-electron chi connectivity index (χ2n) is 5.09. The molecule has 1 amide bonds. The summed E-state index contributed by atoms with van der Waals surface area (Å²) in [5, 5.41) is 12.7. The zero-order valence-electron chi connectivity index (χ0n) is 10.9. The number of carbonyl (C=O) groups is 2. The topological polar surface area (TPSA) is 92.4 Å². The maximum atomic E-state index is 11.0. The number of carboxylic acids is 1. The second-order valence-corrected chi connectivity index (χ2v) is 5.50. The molecule has 20 heavy (non-hydrogen) atoms. The van der Waals surface area contributed by atoms with Gasteiger partial charge in [-0.1, -0.05) is 11.6 Å². The lowest BCUT2D eigenvalue weighted by Gasteiger charge is -2.28. The lowest BCUT2D eigenvalue weighted by molar-refractivity contribution is -0.142. The molecule has 2 rings (SSSR count). The van der Waals surface area contributed by atoms with Gasteiger partial charge in [0.2, 0.25) is 5.91 Å². The number of nitrogens with one attached hydrogen (secondary N) is 1. The predicted molar refractivity (Wildman–Crippen MR) is 77.0 cm³/mol. The van der Waals surface area contributed by atoms with Crippen molar-refractivity contribution >= 4 is 29.2 Å². The summed E-state index contributed by atoms with van der Waals surface area (Å²) >= 11 is 6.11. The van der Waals surface area contributed by atoms with Crippen molar-refractivity contribution in [2.45, 2.75) is 31.7 Å². The maximum Gasteiger partial charge on any atom is 0.306 e. The molecule has 0 radical (unpaired) electrons. The van der Waals surface area contributed by atoms with Gasteiger partial charge in [0.05, 0.1) is 16.6 Å². The summed E-state index contributed by atoms with van der Waals surface area (Å²) in [5.41, 5.74) is 6.30. The van der Waals surface area contributed by atoms with Crippen molar-refractivity contribution in [2.75, 3.05) is 5.32 Å². The van der Waals surface area contributed by atoms with E-state index in [1.54, 1.807) is 12.1 Å². The average Bonchev–Trinajstić information content (AvgIpc) is 2.41. The molecule has 0 unspecified atom stereocenters. The van der Waals surface area contributed by atoms with Gasteiger partial charge in [-0.05, 0) is 43.9 Å². The van der Waals surface area contributed by atoms with Gasteiger partial charge in [-0.25, -0.2) is 0 Å². The number of amides is 1. The molecule has 1 aromatic rings. The minimum Gasteiger partial charge on any atom is -0.481 e. The third-order valence-electron chi connectivity index (χ3n) is 3.69. The molecule has 6 heteroatoms. The van der Waals surface area contributed by atoms with Crippen LogP contribution in [0.1, 0.15) is 36.0 Å². The van der Waals surface area contributed by atoms with Gasteiger partial charge in [0.1, 0.15) is 0 Å². The quantitative estimate of drug-likeness (QED) is 0.796. The Kier molecular flexibility index (Phi) is 4.49. The van der Waals surface area contributed by atoms with Crippen LogP contribution in [0, 0.1) is 5.92 Å². The van der Waals surface area contributed by atoms with Gasteiger partial charge in [-0.2, -0.15) is 0 Å². The SMILES string of the molecule is NC(=O)c1ccc(NC2CCC(C(=O)O)CC2)c(Cl)c1. The van der Waals surface area contributed by atoms with Crippen LogP contribution in [0.5, 0.6) is 0 Å². The molecule has 0 aliphatic heterocycles. The second kappa shape index (κ2) is 6.13. The van der Waals surface area contributed by atoms with Crippen LogP contribution in [0.3, 0.4) is 0 Å². The molecule has 1 fully saturated rings. The van der Waals surface area contributed by atoms with Crippen molar-refractivity contribution < 1.29 is 14.7 Å². The van der Waals surface area contributed by atoms with E-state index in [1.807, 2.05) is 0 Å². The molecule has 0 aromatic heterocycles. The fraction of sp³-hybridized carbons (Fsp3) is 0.429. The number of rotatable bonds is 4. The van der Waals surface area contributed by atoms with Gasteiger partial charge in [0, 0.05) is 11.6 Å². The first kappa shape index (κ1) is 14.7. The van der Waals surface area contributed by atoms with Gasteiger partial charge in [0.15, 0.2) is 0 Å². The molecule has 0 bridgehead atoms. The summed E-state index contributed by atoms with van der Waals surface area (Å²) < 4.78 is 0. The average molecular weight is 297 g/mol. The van der Waals surface area contributed by atoms with E-state index in [0.717, 1.165) is 18.5 Å². The Morgan fingerprint density at radius 2 is 1.90 bits per heavy atom. The normalized spacial score (nSPS) is 22.2. The minimum absolute atomic E-state index is 0.211. The molecule has 108 valence electrons. The van der Waals surface area contributed by atoms with Crippen LogP contribution in [-0.2, 0) is 4.79 Å². The maximum absolute atomic E-state index is 11.0. The Morgan fingerprint density at radius 1 is 1.25 bits per heavy atom. The number of anilines is 1. The highest BCUT2D eigenvalue weighted by atomic mass is 35.5. The Morgan fingerprint density at radius 3 is 2.40 bits per heavy atom. The number of nitrogens with two attached hydrogens (primary N) is 1. The van der Waals surface area contributed by atoms with E-state index in [0.29, 0.717) is 23.4 Å². The van der Waals surface area contributed by atoms with Crippen molar-refractivity contribution in [2.24, 2.45) is 11.7 Å². The summed E-state index contributed by atoms with van der Waals surface area (Å²) in [6, 6.07) is 5.10. The smallest absolute Gasteiger partial charge is 0.306 e. The van der Waals surface area contributed by atoms with Crippen molar-refractivity contribution in [1.29, 1.82) is 0 Å². The number of hydrogen-bond donors (Lipinski definition) is 3. The van der Waals surface area contributed by atoms with Crippen molar-refractivity contribution in [3.8, 4) is 0 Å². The first-order valence-electron chi connectivity index (χ1n) is 6.56. The number of primary amides is 1. The Bertz CT molecular complexity index is 525. The summed E-state index contributed by atoms with van der Waals surface area (Å²) in [4.78, 5) is 21.9. The molecule has 4 N–H and O–H groups in total. The molecule has 0 heterocycles. The van der Waals surface area contributed by atoms with Crippen molar-refractivity contribution in [1.82, 2.24) is 0 Å². The molecule has 0 spiro atoms. The molecule has 5 nitrogen and oxygen atoms in total. The summed E-state index contributed by atoms with van der Waals surface area (Å²) in [6.45, 7) is 0. The Balaban J connectivity index is 1.98. The van der Waals surface area contributed by atoms with Crippen LogP contribution in [0.2, 0.25) is 5.02 Å². The summed E-state index contributed by atoms with van der Waals surface area (Å²) in [5.74, 6) is -1.46. The minimum atomic E-state index is -0.715. The molecular formula is C14H17ClN2O3. The van der Waals surface area contributed by atoms with Gasteiger partial charge >= 0.3 is 5.97 Å². The van der Waals surface area contributed by atoms with E-state index in [1.165, 1.54) is 6.07 Å². The molecule has 1 aromatic carbocycles. The van der Waals surface area contributed by atoms with Crippen LogP contribution >= 0.6 is 11.6 Å². The van der Waals surface area contributed by atoms with E-state index < -0.39 is 11.9 Å². The fourth-order valence-electron chi connectivity index (χ4n) is 2.49. The third kappa shape index (κ3) is 3.42. The Hall–Kier alpha value is -1.75. The molecular weight excluding hydrogens is 280 g/mol. The van der Waals surface area contributed by atoms with Crippen molar-refractivity contribution in [3.05, 3.63) is 28.8 Å². The first-order valence-corrected chi connectivity index (χ1v) is 6.94. The van der Waals surface area contributed by atoms with Crippen LogP contribution in [0.15, 0.2) is 18.2 Å². The fourth-order valence-corrected chi connectivity index (χ4v) is 2.73. The van der Waals surface area contributed by atoms with E-state index in [9.17, 15) is 9.59 Å². The predicted octanol–water partition coefficient (Wildman–Crippen LogP) is 2.49. The first-order chi connectivity index (χ1) is 9.47. The molecule has 1 aliphatic carbocycles. The molecule has 1 aliphatic rings. The number of carboxylic acid groups (broad SMARTS) is 1.